The fraction of sp³-hybridized carbons (Fsp3) is 0.609. The van der Waals surface area contributed by atoms with Crippen LogP contribution in [0.2, 0.25) is 36.3 Å². The van der Waals surface area contributed by atoms with Gasteiger partial charge in [-0.1, -0.05) is 77.8 Å². The number of benzene rings is 2. The summed E-state index contributed by atoms with van der Waals surface area (Å²) in [6, 6.07) is 4.01. The van der Waals surface area contributed by atoms with Gasteiger partial charge in [0.15, 0.2) is 0 Å². The van der Waals surface area contributed by atoms with Crippen molar-refractivity contribution in [1.82, 2.24) is 9.80 Å². The summed E-state index contributed by atoms with van der Waals surface area (Å²) in [4.78, 5) is 58.8. The average Bonchev–Trinajstić information content (AvgIpc) is 4.18. The molecule has 4 amide bonds. The molecule has 0 saturated carbocycles. The Balaban J connectivity index is 1.65. The van der Waals surface area contributed by atoms with E-state index < -0.39 is 190 Å². The third-order valence-electron chi connectivity index (χ3n) is 15.9. The van der Waals surface area contributed by atoms with Crippen molar-refractivity contribution in [1.29, 1.82) is 0 Å². The Labute approximate surface area is 454 Å². The van der Waals surface area contributed by atoms with Gasteiger partial charge in [0, 0.05) is 56.9 Å². The maximum Gasteiger partial charge on any atom is 0.460 e. The molecule has 0 aliphatic carbocycles. The molecule has 0 unspecified atom stereocenters. The number of halogens is 26. The third kappa shape index (κ3) is 8.70. The number of fused-ring (bicyclic) bond motifs is 6. The number of carbonyl (C=O) groups excluding carboxylic acids is 4. The largest absolute Gasteiger partial charge is 0.460 e. The van der Waals surface area contributed by atoms with Gasteiger partial charge in [0.25, 0.3) is 23.6 Å². The molecule has 0 radical (unpaired) electrons. The van der Waals surface area contributed by atoms with E-state index in [9.17, 15) is 98.2 Å². The zero-order chi connectivity index (χ0) is 63.3. The number of hydrogen-bond acceptors (Lipinski definition) is 6. The first kappa shape index (κ1) is 66.7. The van der Waals surface area contributed by atoms with E-state index in [1.54, 1.807) is 41.5 Å². The van der Waals surface area contributed by atoms with Crippen LogP contribution in [0.4, 0.5) is 114 Å². The highest BCUT2D eigenvalue weighted by molar-refractivity contribution is 7.33. The molecule has 2 aliphatic rings. The number of hydrogen-bond donors (Lipinski definition) is 0. The first-order valence-corrected chi connectivity index (χ1v) is 30.9. The summed E-state index contributed by atoms with van der Waals surface area (Å²) < 4.78 is 369. The van der Waals surface area contributed by atoms with Crippen LogP contribution in [0.15, 0.2) is 12.1 Å². The maximum atomic E-state index is 15.5. The maximum absolute atomic E-state index is 15.5. The minimum absolute atomic E-state index is 0.261. The van der Waals surface area contributed by atoms with Gasteiger partial charge in [0.1, 0.15) is 0 Å². The van der Waals surface area contributed by atoms with Gasteiger partial charge in [0.05, 0.1) is 38.4 Å². The van der Waals surface area contributed by atoms with Crippen molar-refractivity contribution in [2.75, 3.05) is 13.1 Å². The van der Waals surface area contributed by atoms with Gasteiger partial charge in [-0.15, -0.1) is 22.7 Å². The predicted octanol–water partition coefficient (Wildman–Crippen LogP) is 16.1. The Kier molecular flexibility index (Phi) is 16.3. The molecular weight excluding hydrogens is 1260 g/mol. The van der Waals surface area contributed by atoms with E-state index in [0.717, 1.165) is 12.1 Å². The number of carbonyl (C=O) groups is 4. The minimum Gasteiger partial charge on any atom is -0.274 e. The summed E-state index contributed by atoms with van der Waals surface area (Å²) in [5.41, 5.74) is -3.73. The van der Waals surface area contributed by atoms with Gasteiger partial charge in [-0.3, -0.25) is 29.0 Å². The molecule has 0 fully saturated rings. The summed E-state index contributed by atoms with van der Waals surface area (Å²) in [6.45, 7) is 5.32. The van der Waals surface area contributed by atoms with Crippen molar-refractivity contribution in [2.45, 2.75) is 162 Å². The normalized spacial score (nSPS) is 16.6. The molecule has 0 atom stereocenters. The quantitative estimate of drug-likeness (QED) is 0.0446. The Bertz CT molecular complexity index is 2910. The summed E-state index contributed by atoms with van der Waals surface area (Å²) >= 11 is 1.16. The highest BCUT2D eigenvalue weighted by atomic mass is 32.1. The van der Waals surface area contributed by atoms with Crippen molar-refractivity contribution in [3.63, 3.8) is 0 Å². The van der Waals surface area contributed by atoms with Crippen LogP contribution in [0.25, 0.3) is 30.9 Å². The highest BCUT2D eigenvalue weighted by Crippen LogP contribution is 2.63. The standard InChI is InChI=1S/C46H40F26N2O4S2Si2/c1-7-81(8-2,9-3)21-17-19-23-25-26-24(32(76)74(33(77)27(26)29(19)79-21)16-14-36(49,50)38(53,54)40(57,58)42(61,62)44(65,66)46(70,71)72)20-18-22(82(10-4,11-5)12-6)80-30(20)28(25)34(78)73(31(23)75)15-13-35(47,48)37(51,52)39(55,56)41(59,60)43(63,64)45(67,68)69/h17-18H,7-16H2,1-6H3. The van der Waals surface area contributed by atoms with Crippen molar-refractivity contribution in [3.05, 3.63) is 34.4 Å². The van der Waals surface area contributed by atoms with Crippen LogP contribution in [0.3, 0.4) is 0 Å². The first-order chi connectivity index (χ1) is 36.9. The molecule has 460 valence electrons. The van der Waals surface area contributed by atoms with E-state index in [1.807, 2.05) is 0 Å². The van der Waals surface area contributed by atoms with Crippen LogP contribution >= 0.6 is 22.7 Å². The number of rotatable bonds is 22. The van der Waals surface area contributed by atoms with Gasteiger partial charge in [-0.05, 0) is 21.1 Å². The molecule has 6 rings (SSSR count). The molecule has 0 bridgehead atoms. The minimum atomic E-state index is -8.33. The molecule has 4 aromatic rings. The Morgan fingerprint density at radius 1 is 0.354 bits per heavy atom. The average molecular weight is 1300 g/mol. The lowest BCUT2D eigenvalue weighted by Gasteiger charge is -2.40. The van der Waals surface area contributed by atoms with Crippen molar-refractivity contribution >= 4 is 102 Å². The van der Waals surface area contributed by atoms with Gasteiger partial charge >= 0.3 is 71.6 Å². The molecule has 0 spiro atoms. The Morgan fingerprint density at radius 3 is 0.817 bits per heavy atom. The number of nitrogens with zero attached hydrogens (tertiary/aromatic N) is 2. The third-order valence-corrected chi connectivity index (χ3v) is 31.6. The van der Waals surface area contributed by atoms with E-state index in [0.29, 0.717) is 22.7 Å². The first-order valence-electron chi connectivity index (χ1n) is 24.0. The molecule has 2 aromatic carbocycles. The summed E-state index contributed by atoms with van der Waals surface area (Å²) in [5.74, 6) is -86.6. The van der Waals surface area contributed by atoms with E-state index in [-0.39, 0.29) is 55.1 Å². The molecule has 6 nitrogen and oxygen atoms in total. The summed E-state index contributed by atoms with van der Waals surface area (Å²) in [7, 11) is -5.94. The number of thiophene rings is 2. The van der Waals surface area contributed by atoms with E-state index in [2.05, 4.69) is 0 Å². The molecule has 4 heterocycles. The van der Waals surface area contributed by atoms with Crippen LogP contribution in [0, 0.1) is 0 Å². The molecule has 0 N–H and O–H groups in total. The van der Waals surface area contributed by atoms with E-state index >= 15 is 35.1 Å². The molecule has 36 heteroatoms. The second kappa shape index (κ2) is 20.1. The van der Waals surface area contributed by atoms with Gasteiger partial charge in [-0.25, -0.2) is 0 Å². The number of alkyl halides is 26. The lowest BCUT2D eigenvalue weighted by Crippen LogP contribution is -2.70. The Morgan fingerprint density at radius 2 is 0.585 bits per heavy atom. The molecular formula is C46H40F26N2O4S2Si2. The zero-order valence-corrected chi connectivity index (χ0v) is 46.0. The predicted molar refractivity (Wildman–Crippen MR) is 250 cm³/mol. The van der Waals surface area contributed by atoms with E-state index in [4.69, 9.17) is 0 Å². The fourth-order valence-electron chi connectivity index (χ4n) is 10.2. The molecule has 2 aromatic heterocycles. The summed E-state index contributed by atoms with van der Waals surface area (Å²) in [6.07, 6.45) is -21.7. The lowest BCUT2D eigenvalue weighted by molar-refractivity contribution is -0.440. The van der Waals surface area contributed by atoms with Crippen molar-refractivity contribution in [2.24, 2.45) is 0 Å². The van der Waals surface area contributed by atoms with Crippen molar-refractivity contribution in [3.8, 4) is 0 Å². The fourth-order valence-corrected chi connectivity index (χ4v) is 23.1. The highest BCUT2D eigenvalue weighted by Gasteiger charge is 2.92. The van der Waals surface area contributed by atoms with Crippen LogP contribution in [-0.2, 0) is 0 Å². The topological polar surface area (TPSA) is 74.8 Å². The number of amides is 4. The monoisotopic (exact) mass is 1300 g/mol. The zero-order valence-electron chi connectivity index (χ0n) is 42.4. The van der Waals surface area contributed by atoms with Gasteiger partial charge in [0.2, 0.25) is 0 Å². The van der Waals surface area contributed by atoms with Crippen LogP contribution < -0.4 is 9.00 Å². The molecule has 82 heavy (non-hydrogen) atoms. The number of imide groups is 2. The Hall–Kier alpha value is -4.49. The van der Waals surface area contributed by atoms with Crippen LogP contribution in [-0.4, -0.2) is 134 Å². The van der Waals surface area contributed by atoms with Crippen molar-refractivity contribution < 1.29 is 133 Å². The van der Waals surface area contributed by atoms with Crippen LogP contribution in [0.1, 0.15) is 95.8 Å². The molecule has 0 saturated heterocycles. The second-order valence-electron chi connectivity index (χ2n) is 19.7. The van der Waals surface area contributed by atoms with Crippen LogP contribution in [0.5, 0.6) is 0 Å². The van der Waals surface area contributed by atoms with E-state index in [1.165, 1.54) is 0 Å². The SMILES string of the molecule is CC[Si](CC)(CC)c1cc2c3c4c(c5sc([Si](CC)(CC)CC)cc5c5c4c(c2s1)C(=O)N(CCC(F)(F)C(F)(F)C(F)(F)C(F)(F)C(F)(F)C(F)(F)F)C5=O)C(=O)N(CCC(F)(F)C(F)(F)C(F)(F)C(F)(F)C(F)(F)C(F)(F)F)C3=O. The molecule has 2 aliphatic heterocycles. The summed E-state index contributed by atoms with van der Waals surface area (Å²) in [5, 5.41) is -2.81. The van der Waals surface area contributed by atoms with Gasteiger partial charge in [-0.2, -0.15) is 114 Å². The second-order valence-corrected chi connectivity index (χ2v) is 32.9. The lowest BCUT2D eigenvalue weighted by atomic mass is 9.82. The smallest absolute Gasteiger partial charge is 0.274 e. The van der Waals surface area contributed by atoms with Gasteiger partial charge < -0.3 is 0 Å².